The maximum absolute atomic E-state index is 13.3. The number of aryl methyl sites for hydroxylation is 1. The van der Waals surface area contributed by atoms with Gasteiger partial charge in [-0.3, -0.25) is 19.7 Å². The molecule has 0 saturated heterocycles. The lowest BCUT2D eigenvalue weighted by molar-refractivity contribution is -0.384. The summed E-state index contributed by atoms with van der Waals surface area (Å²) in [6, 6.07) is 9.63. The van der Waals surface area contributed by atoms with E-state index in [1.54, 1.807) is 31.3 Å². The van der Waals surface area contributed by atoms with Gasteiger partial charge in [0.2, 0.25) is 0 Å². The van der Waals surface area contributed by atoms with Gasteiger partial charge in [-0.25, -0.2) is 4.98 Å². The van der Waals surface area contributed by atoms with E-state index in [-0.39, 0.29) is 17.4 Å². The largest absolute Gasteiger partial charge is 0.362 e. The summed E-state index contributed by atoms with van der Waals surface area (Å²) >= 11 is 0. The molecule has 0 saturated carbocycles. The SMILES string of the molecule is CC1=C(C(=O)Nc2cc(C)ccn2)[C@@H](c2ccc([N+](=O)[O-])cc2)C2=C(CCCC2=O)N1. The zero-order valence-corrected chi connectivity index (χ0v) is 17.3. The number of anilines is 1. The minimum absolute atomic E-state index is 0.0106. The van der Waals surface area contributed by atoms with Crippen LogP contribution in [0.3, 0.4) is 0 Å². The number of hydrogen-bond donors (Lipinski definition) is 2. The minimum Gasteiger partial charge on any atom is -0.362 e. The van der Waals surface area contributed by atoms with Crippen LogP contribution < -0.4 is 10.6 Å². The van der Waals surface area contributed by atoms with Crippen molar-refractivity contribution in [2.24, 2.45) is 0 Å². The number of dihydropyridines is 1. The molecule has 8 nitrogen and oxygen atoms in total. The first kappa shape index (κ1) is 20.5. The number of amides is 1. The lowest BCUT2D eigenvalue weighted by atomic mass is 9.75. The molecule has 2 aromatic rings. The highest BCUT2D eigenvalue weighted by Crippen LogP contribution is 2.42. The van der Waals surface area contributed by atoms with E-state index in [0.29, 0.717) is 34.6 Å². The summed E-state index contributed by atoms with van der Waals surface area (Å²) in [5.74, 6) is -0.558. The van der Waals surface area contributed by atoms with Gasteiger partial charge < -0.3 is 10.6 Å². The molecule has 1 atom stereocenters. The number of Topliss-reactive ketones (excluding diaryl/α,β-unsaturated/α-hetero) is 1. The Morgan fingerprint density at radius 2 is 1.94 bits per heavy atom. The van der Waals surface area contributed by atoms with E-state index in [0.717, 1.165) is 24.1 Å². The molecule has 1 aliphatic heterocycles. The minimum atomic E-state index is -0.602. The van der Waals surface area contributed by atoms with Crippen LogP contribution in [0.5, 0.6) is 0 Å². The van der Waals surface area contributed by atoms with Crippen molar-refractivity contribution in [1.82, 2.24) is 10.3 Å². The summed E-state index contributed by atoms with van der Waals surface area (Å²) < 4.78 is 0. The molecule has 0 radical (unpaired) electrons. The Bertz CT molecular complexity index is 1150. The molecule has 8 heteroatoms. The van der Waals surface area contributed by atoms with Crippen LogP contribution in [-0.2, 0) is 9.59 Å². The van der Waals surface area contributed by atoms with Crippen molar-refractivity contribution in [1.29, 1.82) is 0 Å². The third-order valence-corrected chi connectivity index (χ3v) is 5.61. The van der Waals surface area contributed by atoms with Gasteiger partial charge in [-0.05, 0) is 49.9 Å². The van der Waals surface area contributed by atoms with E-state index >= 15 is 0 Å². The number of nitro groups is 1. The number of nitrogens with zero attached hydrogens (tertiary/aromatic N) is 2. The molecule has 1 aromatic carbocycles. The van der Waals surface area contributed by atoms with Crippen molar-refractivity contribution in [3.63, 3.8) is 0 Å². The summed E-state index contributed by atoms with van der Waals surface area (Å²) in [6.45, 7) is 3.71. The van der Waals surface area contributed by atoms with Crippen molar-refractivity contribution in [3.05, 3.63) is 86.4 Å². The number of nitrogens with one attached hydrogen (secondary N) is 2. The highest BCUT2D eigenvalue weighted by Gasteiger charge is 2.38. The average molecular weight is 418 g/mol. The van der Waals surface area contributed by atoms with Crippen LogP contribution in [0.2, 0.25) is 0 Å². The highest BCUT2D eigenvalue weighted by atomic mass is 16.6. The molecule has 4 rings (SSSR count). The molecule has 0 unspecified atom stereocenters. The summed E-state index contributed by atoms with van der Waals surface area (Å²) in [7, 11) is 0. The fraction of sp³-hybridized carbons (Fsp3) is 0.261. The Hall–Kier alpha value is -3.81. The van der Waals surface area contributed by atoms with E-state index in [4.69, 9.17) is 0 Å². The predicted octanol–water partition coefficient (Wildman–Crippen LogP) is 3.90. The smallest absolute Gasteiger partial charge is 0.269 e. The Morgan fingerprint density at radius 1 is 1.19 bits per heavy atom. The standard InChI is InChI=1S/C23H22N4O4/c1-13-10-11-24-19(12-13)26-23(29)20-14(2)25-17-4-3-5-18(28)22(17)21(20)15-6-8-16(9-7-15)27(30)31/h6-12,21,25H,3-5H2,1-2H3,(H,24,26,29)/t21-/m1/s1. The number of carbonyl (C=O) groups excluding carboxylic acids is 2. The molecule has 158 valence electrons. The molecule has 0 bridgehead atoms. The topological polar surface area (TPSA) is 114 Å². The highest BCUT2D eigenvalue weighted by molar-refractivity contribution is 6.09. The summed E-state index contributed by atoms with van der Waals surface area (Å²) in [5.41, 5.74) is 4.02. The van der Waals surface area contributed by atoms with E-state index in [1.165, 1.54) is 12.1 Å². The van der Waals surface area contributed by atoms with E-state index in [9.17, 15) is 19.7 Å². The number of pyridine rings is 1. The monoisotopic (exact) mass is 418 g/mol. The van der Waals surface area contributed by atoms with Crippen LogP contribution in [0.25, 0.3) is 0 Å². The first-order valence-corrected chi connectivity index (χ1v) is 10.1. The zero-order valence-electron chi connectivity index (χ0n) is 17.3. The molecule has 31 heavy (non-hydrogen) atoms. The Balaban J connectivity index is 1.78. The molecule has 0 spiro atoms. The van der Waals surface area contributed by atoms with Gasteiger partial charge in [-0.2, -0.15) is 0 Å². The molecule has 2 N–H and O–H groups in total. The van der Waals surface area contributed by atoms with Gasteiger partial charge in [0.15, 0.2) is 5.78 Å². The van der Waals surface area contributed by atoms with Gasteiger partial charge in [-0.1, -0.05) is 12.1 Å². The van der Waals surface area contributed by atoms with E-state index in [2.05, 4.69) is 15.6 Å². The molecule has 2 aliphatic rings. The lowest BCUT2D eigenvalue weighted by Crippen LogP contribution is -2.35. The maximum atomic E-state index is 13.3. The van der Waals surface area contributed by atoms with Crippen LogP contribution in [-0.4, -0.2) is 21.6 Å². The second kappa shape index (κ2) is 8.14. The Morgan fingerprint density at radius 3 is 2.61 bits per heavy atom. The summed E-state index contributed by atoms with van der Waals surface area (Å²) in [4.78, 5) is 41.0. The van der Waals surface area contributed by atoms with Gasteiger partial charge in [0, 0.05) is 53.2 Å². The summed E-state index contributed by atoms with van der Waals surface area (Å²) in [6.07, 6.45) is 3.50. The molecule has 0 fully saturated rings. The van der Waals surface area contributed by atoms with E-state index < -0.39 is 10.8 Å². The molecule has 1 aliphatic carbocycles. The Labute approximate surface area is 179 Å². The number of nitro benzene ring substituents is 1. The second-order valence-corrected chi connectivity index (χ2v) is 7.79. The molecule has 2 heterocycles. The number of benzene rings is 1. The van der Waals surface area contributed by atoms with Crippen molar-refractivity contribution in [3.8, 4) is 0 Å². The summed E-state index contributed by atoms with van der Waals surface area (Å²) in [5, 5.41) is 17.2. The lowest BCUT2D eigenvalue weighted by Gasteiger charge is -2.34. The fourth-order valence-electron chi connectivity index (χ4n) is 4.19. The first-order chi connectivity index (χ1) is 14.8. The normalized spacial score (nSPS) is 18.4. The van der Waals surface area contributed by atoms with Gasteiger partial charge in [-0.15, -0.1) is 0 Å². The number of hydrogen-bond acceptors (Lipinski definition) is 6. The van der Waals surface area contributed by atoms with Crippen molar-refractivity contribution in [2.45, 2.75) is 39.0 Å². The number of carbonyl (C=O) groups is 2. The van der Waals surface area contributed by atoms with Gasteiger partial charge in [0.05, 0.1) is 4.92 Å². The van der Waals surface area contributed by atoms with Crippen molar-refractivity contribution >= 4 is 23.2 Å². The van der Waals surface area contributed by atoms with Crippen LogP contribution in [0.4, 0.5) is 11.5 Å². The van der Waals surface area contributed by atoms with E-state index in [1.807, 2.05) is 13.0 Å². The van der Waals surface area contributed by atoms with Crippen molar-refractivity contribution in [2.75, 3.05) is 5.32 Å². The molecular formula is C23H22N4O4. The quantitative estimate of drug-likeness (QED) is 0.575. The van der Waals surface area contributed by atoms with Crippen LogP contribution >= 0.6 is 0 Å². The Kier molecular flexibility index (Phi) is 5.37. The third kappa shape index (κ3) is 3.96. The molecule has 1 amide bonds. The van der Waals surface area contributed by atoms with Crippen LogP contribution in [0.15, 0.2) is 65.1 Å². The fourth-order valence-corrected chi connectivity index (χ4v) is 4.19. The van der Waals surface area contributed by atoms with Crippen molar-refractivity contribution < 1.29 is 14.5 Å². The van der Waals surface area contributed by atoms with Gasteiger partial charge >= 0.3 is 0 Å². The van der Waals surface area contributed by atoms with Gasteiger partial charge in [0.1, 0.15) is 5.82 Å². The molecule has 1 aromatic heterocycles. The second-order valence-electron chi connectivity index (χ2n) is 7.79. The predicted molar refractivity (Wildman–Crippen MR) is 115 cm³/mol. The maximum Gasteiger partial charge on any atom is 0.269 e. The number of ketones is 1. The first-order valence-electron chi connectivity index (χ1n) is 10.1. The number of non-ortho nitro benzene ring substituents is 1. The van der Waals surface area contributed by atoms with Crippen LogP contribution in [0.1, 0.15) is 43.2 Å². The number of rotatable bonds is 4. The average Bonchev–Trinajstić information content (AvgIpc) is 2.73. The third-order valence-electron chi connectivity index (χ3n) is 5.61. The number of aromatic nitrogens is 1. The number of allylic oxidation sites excluding steroid dienone is 3. The zero-order chi connectivity index (χ0) is 22.1. The van der Waals surface area contributed by atoms with Crippen LogP contribution in [0, 0.1) is 17.0 Å². The van der Waals surface area contributed by atoms with Gasteiger partial charge in [0.25, 0.3) is 11.6 Å². The molecular weight excluding hydrogens is 396 g/mol.